The average molecular weight is 303 g/mol. The van der Waals surface area contributed by atoms with Crippen molar-refractivity contribution in [3.05, 3.63) is 28.6 Å². The number of aromatic amines is 1. The van der Waals surface area contributed by atoms with Crippen LogP contribution in [0.2, 0.25) is 0 Å². The lowest BCUT2D eigenvalue weighted by atomic mass is 10.1. The van der Waals surface area contributed by atoms with E-state index in [9.17, 15) is 9.90 Å². The summed E-state index contributed by atoms with van der Waals surface area (Å²) in [5.74, 6) is -0.0493. The van der Waals surface area contributed by atoms with Crippen LogP contribution in [0.4, 0.5) is 0 Å². The summed E-state index contributed by atoms with van der Waals surface area (Å²) in [6.07, 6.45) is 3.48. The van der Waals surface area contributed by atoms with Crippen molar-refractivity contribution in [2.24, 2.45) is 0 Å². The molecule has 2 aromatic rings. The van der Waals surface area contributed by atoms with E-state index >= 15 is 0 Å². The predicted octanol–water partition coefficient (Wildman–Crippen LogP) is 2.27. The summed E-state index contributed by atoms with van der Waals surface area (Å²) in [5.41, 5.74) is 1.68. The van der Waals surface area contributed by atoms with Gasteiger partial charge in [0, 0.05) is 17.5 Å². The number of likely N-dealkylation sites (tertiary alicyclic amines) is 1. The first kappa shape index (κ1) is 13.0. The molecule has 0 bridgehead atoms. The van der Waals surface area contributed by atoms with Crippen molar-refractivity contribution in [2.75, 3.05) is 6.54 Å². The van der Waals surface area contributed by atoms with Crippen LogP contribution in [0.25, 0.3) is 11.3 Å². The van der Waals surface area contributed by atoms with E-state index in [-0.39, 0.29) is 11.9 Å². The van der Waals surface area contributed by atoms with Gasteiger partial charge in [-0.25, -0.2) is 0 Å². The van der Waals surface area contributed by atoms with Crippen molar-refractivity contribution in [1.82, 2.24) is 15.1 Å². The zero-order valence-electron chi connectivity index (χ0n) is 11.6. The first-order valence-electron chi connectivity index (χ1n) is 7.29. The molecule has 0 aromatic carbocycles. The molecule has 1 unspecified atom stereocenters. The molecule has 2 aliphatic rings. The van der Waals surface area contributed by atoms with Gasteiger partial charge in [-0.1, -0.05) is 0 Å². The third-order valence-electron chi connectivity index (χ3n) is 4.52. The third kappa shape index (κ3) is 2.18. The van der Waals surface area contributed by atoms with Gasteiger partial charge < -0.3 is 10.0 Å². The van der Waals surface area contributed by atoms with Gasteiger partial charge in [0.25, 0.3) is 5.91 Å². The quantitative estimate of drug-likeness (QED) is 0.914. The Labute approximate surface area is 126 Å². The van der Waals surface area contributed by atoms with Gasteiger partial charge in [-0.15, -0.1) is 0 Å². The van der Waals surface area contributed by atoms with Gasteiger partial charge in [-0.05, 0) is 43.2 Å². The number of H-pyrrole nitrogens is 1. The largest absolute Gasteiger partial charge is 0.388 e. The predicted molar refractivity (Wildman–Crippen MR) is 80.1 cm³/mol. The van der Waals surface area contributed by atoms with Gasteiger partial charge in [-0.3, -0.25) is 9.89 Å². The van der Waals surface area contributed by atoms with E-state index in [0.29, 0.717) is 5.69 Å². The van der Waals surface area contributed by atoms with E-state index in [1.807, 2.05) is 21.7 Å². The molecule has 1 saturated heterocycles. The molecule has 4 rings (SSSR count). The summed E-state index contributed by atoms with van der Waals surface area (Å²) in [6.45, 7) is 0.721. The lowest BCUT2D eigenvalue weighted by Gasteiger charge is -2.28. The second kappa shape index (κ2) is 4.68. The second-order valence-corrected chi connectivity index (χ2v) is 6.72. The maximum absolute atomic E-state index is 12.7. The first-order valence-corrected chi connectivity index (χ1v) is 8.23. The number of aromatic nitrogens is 2. The number of carbonyl (C=O) groups is 1. The average Bonchev–Trinajstić information content (AvgIpc) is 3.04. The molecule has 2 N–H and O–H groups in total. The van der Waals surface area contributed by atoms with E-state index in [2.05, 4.69) is 10.2 Å². The fourth-order valence-corrected chi connectivity index (χ4v) is 3.82. The van der Waals surface area contributed by atoms with Crippen LogP contribution in [0.5, 0.6) is 0 Å². The number of nitrogens with zero attached hydrogens (tertiary/aromatic N) is 2. The molecule has 3 heterocycles. The summed E-state index contributed by atoms with van der Waals surface area (Å²) in [7, 11) is 0. The molecule has 1 saturated carbocycles. The minimum absolute atomic E-state index is 0.0297. The molecule has 1 aliphatic carbocycles. The number of rotatable bonds is 3. The van der Waals surface area contributed by atoms with Crippen LogP contribution >= 0.6 is 11.3 Å². The Morgan fingerprint density at radius 3 is 3.10 bits per heavy atom. The molecule has 0 radical (unpaired) electrons. The highest BCUT2D eigenvalue weighted by molar-refractivity contribution is 7.08. The lowest BCUT2D eigenvalue weighted by Crippen LogP contribution is -2.44. The van der Waals surface area contributed by atoms with Crippen molar-refractivity contribution >= 4 is 17.2 Å². The molecule has 21 heavy (non-hydrogen) atoms. The zero-order valence-corrected chi connectivity index (χ0v) is 12.4. The van der Waals surface area contributed by atoms with Crippen LogP contribution in [0.1, 0.15) is 36.2 Å². The molecule has 1 atom stereocenters. The van der Waals surface area contributed by atoms with E-state index in [0.717, 1.165) is 43.5 Å². The maximum atomic E-state index is 12.7. The fraction of sp³-hybridized carbons (Fsp3) is 0.467. The summed E-state index contributed by atoms with van der Waals surface area (Å²) in [4.78, 5) is 14.5. The minimum atomic E-state index is -0.637. The van der Waals surface area contributed by atoms with Gasteiger partial charge in [0.1, 0.15) is 5.69 Å². The number of nitrogens with one attached hydrogen (secondary N) is 1. The van der Waals surface area contributed by atoms with Crippen LogP contribution in [0, 0.1) is 0 Å². The smallest absolute Gasteiger partial charge is 0.272 e. The van der Waals surface area contributed by atoms with Crippen LogP contribution < -0.4 is 0 Å². The van der Waals surface area contributed by atoms with E-state index < -0.39 is 5.60 Å². The topological polar surface area (TPSA) is 69.2 Å². The molecule has 2 fully saturated rings. The van der Waals surface area contributed by atoms with Gasteiger partial charge in [0.15, 0.2) is 0 Å². The molecular formula is C15H17N3O2S. The minimum Gasteiger partial charge on any atom is -0.388 e. The summed E-state index contributed by atoms with van der Waals surface area (Å²) in [5, 5.41) is 21.4. The maximum Gasteiger partial charge on any atom is 0.272 e. The van der Waals surface area contributed by atoms with Crippen LogP contribution in [0.3, 0.4) is 0 Å². The molecule has 0 spiro atoms. The highest BCUT2D eigenvalue weighted by Crippen LogP contribution is 2.44. The second-order valence-electron chi connectivity index (χ2n) is 5.94. The Morgan fingerprint density at radius 2 is 2.38 bits per heavy atom. The number of amides is 1. The molecule has 110 valence electrons. The Balaban J connectivity index is 1.57. The Bertz CT molecular complexity index is 660. The summed E-state index contributed by atoms with van der Waals surface area (Å²) >= 11 is 1.61. The molecule has 1 aliphatic heterocycles. The Hall–Kier alpha value is -1.66. The van der Waals surface area contributed by atoms with Crippen molar-refractivity contribution < 1.29 is 9.90 Å². The van der Waals surface area contributed by atoms with Crippen molar-refractivity contribution in [3.8, 4) is 11.3 Å². The zero-order chi connectivity index (χ0) is 14.4. The van der Waals surface area contributed by atoms with Gasteiger partial charge in [-0.2, -0.15) is 16.4 Å². The molecule has 2 aromatic heterocycles. The summed E-state index contributed by atoms with van der Waals surface area (Å²) in [6, 6.07) is 3.76. The Morgan fingerprint density at radius 1 is 1.52 bits per heavy atom. The van der Waals surface area contributed by atoms with Crippen molar-refractivity contribution in [1.29, 1.82) is 0 Å². The van der Waals surface area contributed by atoms with E-state index in [1.165, 1.54) is 0 Å². The van der Waals surface area contributed by atoms with Gasteiger partial charge in [0.05, 0.1) is 17.3 Å². The Kier molecular flexibility index (Phi) is 2.90. The highest BCUT2D eigenvalue weighted by atomic mass is 32.1. The van der Waals surface area contributed by atoms with Gasteiger partial charge >= 0.3 is 0 Å². The summed E-state index contributed by atoms with van der Waals surface area (Å²) < 4.78 is 0. The standard InChI is InChI=1S/C15H17N3O2S/c19-14(18-6-1-2-13(18)15(20)4-5-15)12-8-11(16-17-12)10-3-7-21-9-10/h3,7-9,13,20H,1-2,4-6H2,(H,16,17). The highest BCUT2D eigenvalue weighted by Gasteiger charge is 2.52. The lowest BCUT2D eigenvalue weighted by molar-refractivity contribution is 0.0382. The number of carbonyl (C=O) groups excluding carboxylic acids is 1. The molecule has 1 amide bonds. The SMILES string of the molecule is O=C(c1cc(-c2ccsc2)n[nH]1)N1CCCC1C1(O)CC1. The monoisotopic (exact) mass is 303 g/mol. The molecule has 5 nitrogen and oxygen atoms in total. The van der Waals surface area contributed by atoms with Gasteiger partial charge in [0.2, 0.25) is 0 Å². The third-order valence-corrected chi connectivity index (χ3v) is 5.20. The van der Waals surface area contributed by atoms with Crippen LogP contribution in [-0.2, 0) is 0 Å². The number of hydrogen-bond acceptors (Lipinski definition) is 4. The van der Waals surface area contributed by atoms with E-state index in [4.69, 9.17) is 0 Å². The van der Waals surface area contributed by atoms with Crippen molar-refractivity contribution in [3.63, 3.8) is 0 Å². The molecular weight excluding hydrogens is 286 g/mol. The van der Waals surface area contributed by atoms with E-state index in [1.54, 1.807) is 17.4 Å². The number of thiophene rings is 1. The first-order chi connectivity index (χ1) is 10.2. The number of aliphatic hydroxyl groups is 1. The van der Waals surface area contributed by atoms with Crippen LogP contribution in [-0.4, -0.2) is 44.3 Å². The number of hydrogen-bond donors (Lipinski definition) is 2. The van der Waals surface area contributed by atoms with Crippen molar-refractivity contribution in [2.45, 2.75) is 37.3 Å². The fourth-order valence-electron chi connectivity index (χ4n) is 3.17. The molecule has 6 heteroatoms. The van der Waals surface area contributed by atoms with Crippen LogP contribution in [0.15, 0.2) is 22.9 Å². The normalized spacial score (nSPS) is 23.5.